The molecule has 3 heteroatoms. The summed E-state index contributed by atoms with van der Waals surface area (Å²) in [5.74, 6) is 0.893. The zero-order chi connectivity index (χ0) is 11.4. The molecule has 0 aliphatic rings. The normalized spacial score (nSPS) is 12.6. The van der Waals surface area contributed by atoms with Crippen molar-refractivity contribution in [3.63, 3.8) is 0 Å². The average molecular weight is 209 g/mol. The Balaban J connectivity index is 3.14. The highest BCUT2D eigenvalue weighted by Gasteiger charge is 2.12. The Morgan fingerprint density at radius 1 is 1.33 bits per heavy atom. The van der Waals surface area contributed by atoms with Gasteiger partial charge in [0.15, 0.2) is 0 Å². The minimum atomic E-state index is -0.00499. The molecule has 0 radical (unpaired) electrons. The fraction of sp³-hybridized carbons (Fsp3) is 0.500. The van der Waals surface area contributed by atoms with Gasteiger partial charge in [0.25, 0.3) is 0 Å². The molecule has 0 spiro atoms. The highest BCUT2D eigenvalue weighted by atomic mass is 16.5. The Hall–Kier alpha value is -1.06. The molecule has 1 unspecified atom stereocenters. The number of ether oxygens (including phenoxy) is 1. The summed E-state index contributed by atoms with van der Waals surface area (Å²) >= 11 is 0. The monoisotopic (exact) mass is 209 g/mol. The van der Waals surface area contributed by atoms with Gasteiger partial charge in [-0.3, -0.25) is 0 Å². The summed E-state index contributed by atoms with van der Waals surface area (Å²) in [4.78, 5) is 0. The lowest BCUT2D eigenvalue weighted by molar-refractivity contribution is 0.250. The van der Waals surface area contributed by atoms with Gasteiger partial charge in [0.1, 0.15) is 5.75 Å². The number of benzene rings is 1. The molecular formula is C12H19NO2. The maximum absolute atomic E-state index is 9.23. The Bertz CT molecular complexity index is 333. The molecule has 3 nitrogen and oxygen atoms in total. The summed E-state index contributed by atoms with van der Waals surface area (Å²) in [5, 5.41) is 12.3. The first-order valence-corrected chi connectivity index (χ1v) is 5.07. The van der Waals surface area contributed by atoms with Gasteiger partial charge >= 0.3 is 0 Å². The van der Waals surface area contributed by atoms with Crippen molar-refractivity contribution in [2.24, 2.45) is 0 Å². The summed E-state index contributed by atoms with van der Waals surface area (Å²) < 4.78 is 5.24. The van der Waals surface area contributed by atoms with E-state index in [1.54, 1.807) is 7.11 Å². The molecule has 1 atom stereocenters. The highest BCUT2D eigenvalue weighted by molar-refractivity contribution is 5.42. The van der Waals surface area contributed by atoms with Gasteiger partial charge in [0, 0.05) is 0 Å². The first kappa shape index (κ1) is 12.0. The maximum Gasteiger partial charge on any atom is 0.122 e. The second-order valence-electron chi connectivity index (χ2n) is 3.70. The van der Waals surface area contributed by atoms with Crippen LogP contribution in [0.4, 0.5) is 0 Å². The molecule has 0 aromatic heterocycles. The summed E-state index contributed by atoms with van der Waals surface area (Å²) in [6.45, 7) is 4.13. The van der Waals surface area contributed by atoms with Gasteiger partial charge in [-0.15, -0.1) is 0 Å². The molecule has 84 valence electrons. The van der Waals surface area contributed by atoms with Crippen LogP contribution in [-0.4, -0.2) is 25.9 Å². The summed E-state index contributed by atoms with van der Waals surface area (Å²) in [6, 6.07) is 4.06. The topological polar surface area (TPSA) is 41.5 Å². The van der Waals surface area contributed by atoms with Crippen LogP contribution in [0.1, 0.15) is 22.7 Å². The summed E-state index contributed by atoms with van der Waals surface area (Å²) in [7, 11) is 3.52. The summed E-state index contributed by atoms with van der Waals surface area (Å²) in [6.07, 6.45) is 0. The van der Waals surface area contributed by atoms with Crippen LogP contribution in [-0.2, 0) is 0 Å². The van der Waals surface area contributed by atoms with Crippen LogP contribution in [0.15, 0.2) is 12.1 Å². The van der Waals surface area contributed by atoms with Gasteiger partial charge < -0.3 is 15.2 Å². The zero-order valence-electron chi connectivity index (χ0n) is 9.79. The molecule has 1 aromatic rings. The van der Waals surface area contributed by atoms with Crippen molar-refractivity contribution in [1.82, 2.24) is 5.32 Å². The minimum absolute atomic E-state index is 0.00499. The predicted molar refractivity (Wildman–Crippen MR) is 61.4 cm³/mol. The molecule has 0 saturated heterocycles. The molecule has 0 amide bonds. The number of methoxy groups -OCH3 is 1. The second-order valence-corrected chi connectivity index (χ2v) is 3.70. The quantitative estimate of drug-likeness (QED) is 0.790. The van der Waals surface area contributed by atoms with E-state index in [2.05, 4.69) is 11.4 Å². The van der Waals surface area contributed by atoms with Crippen LogP contribution in [0, 0.1) is 13.8 Å². The van der Waals surface area contributed by atoms with Crippen molar-refractivity contribution in [1.29, 1.82) is 0 Å². The summed E-state index contributed by atoms with van der Waals surface area (Å²) in [5.41, 5.74) is 3.34. The van der Waals surface area contributed by atoms with Gasteiger partial charge in [-0.05, 0) is 43.7 Å². The first-order valence-electron chi connectivity index (χ1n) is 5.07. The SMILES string of the molecule is CNC(CO)c1cc(C)c(OC)cc1C. The molecule has 0 saturated carbocycles. The van der Waals surface area contributed by atoms with Crippen molar-refractivity contribution < 1.29 is 9.84 Å². The van der Waals surface area contributed by atoms with Crippen LogP contribution in [0.2, 0.25) is 0 Å². The van der Waals surface area contributed by atoms with E-state index in [9.17, 15) is 5.11 Å². The molecule has 0 aliphatic carbocycles. The van der Waals surface area contributed by atoms with Crippen LogP contribution < -0.4 is 10.1 Å². The predicted octanol–water partition coefficient (Wildman–Crippen LogP) is 1.56. The third kappa shape index (κ3) is 2.49. The fourth-order valence-electron chi connectivity index (χ4n) is 1.75. The Morgan fingerprint density at radius 2 is 2.00 bits per heavy atom. The number of rotatable bonds is 4. The average Bonchev–Trinajstić information content (AvgIpc) is 2.24. The lowest BCUT2D eigenvalue weighted by Gasteiger charge is -2.18. The lowest BCUT2D eigenvalue weighted by Crippen LogP contribution is -2.21. The molecule has 15 heavy (non-hydrogen) atoms. The lowest BCUT2D eigenvalue weighted by atomic mass is 9.98. The van der Waals surface area contributed by atoms with E-state index in [1.165, 1.54) is 0 Å². The van der Waals surface area contributed by atoms with Crippen molar-refractivity contribution in [2.45, 2.75) is 19.9 Å². The number of hydrogen-bond acceptors (Lipinski definition) is 3. The van der Waals surface area contributed by atoms with Crippen LogP contribution >= 0.6 is 0 Å². The molecule has 2 N–H and O–H groups in total. The van der Waals surface area contributed by atoms with Crippen molar-refractivity contribution in [3.8, 4) is 5.75 Å². The number of nitrogens with one attached hydrogen (secondary N) is 1. The van der Waals surface area contributed by atoms with Gasteiger partial charge in [-0.25, -0.2) is 0 Å². The van der Waals surface area contributed by atoms with E-state index in [0.29, 0.717) is 0 Å². The maximum atomic E-state index is 9.23. The molecule has 0 fully saturated rings. The van der Waals surface area contributed by atoms with E-state index in [-0.39, 0.29) is 12.6 Å². The molecule has 0 aliphatic heterocycles. The zero-order valence-corrected chi connectivity index (χ0v) is 9.79. The van der Waals surface area contributed by atoms with E-state index >= 15 is 0 Å². The smallest absolute Gasteiger partial charge is 0.122 e. The number of aliphatic hydroxyl groups excluding tert-OH is 1. The number of likely N-dealkylation sites (N-methyl/N-ethyl adjacent to an activating group) is 1. The number of aryl methyl sites for hydroxylation is 2. The van der Waals surface area contributed by atoms with E-state index in [1.807, 2.05) is 27.0 Å². The highest BCUT2D eigenvalue weighted by Crippen LogP contribution is 2.26. The third-order valence-electron chi connectivity index (χ3n) is 2.69. The molecular weight excluding hydrogens is 190 g/mol. The van der Waals surface area contributed by atoms with E-state index in [4.69, 9.17) is 4.74 Å². The Labute approximate surface area is 91.1 Å². The number of aliphatic hydroxyl groups is 1. The number of hydrogen-bond donors (Lipinski definition) is 2. The minimum Gasteiger partial charge on any atom is -0.496 e. The second kappa shape index (κ2) is 5.14. The van der Waals surface area contributed by atoms with Crippen molar-refractivity contribution in [3.05, 3.63) is 28.8 Å². The molecule has 0 heterocycles. The standard InChI is InChI=1S/C12H19NO2/c1-8-6-12(15-4)9(2)5-10(8)11(7-14)13-3/h5-6,11,13-14H,7H2,1-4H3. The van der Waals surface area contributed by atoms with Crippen LogP contribution in [0.25, 0.3) is 0 Å². The van der Waals surface area contributed by atoms with Crippen LogP contribution in [0.5, 0.6) is 5.75 Å². The van der Waals surface area contributed by atoms with E-state index < -0.39 is 0 Å². The molecule has 1 aromatic carbocycles. The van der Waals surface area contributed by atoms with Crippen molar-refractivity contribution >= 4 is 0 Å². The largest absolute Gasteiger partial charge is 0.496 e. The van der Waals surface area contributed by atoms with Gasteiger partial charge in [0.2, 0.25) is 0 Å². The Kier molecular flexibility index (Phi) is 4.12. The molecule has 1 rings (SSSR count). The third-order valence-corrected chi connectivity index (χ3v) is 2.69. The van der Waals surface area contributed by atoms with Gasteiger partial charge in [-0.2, -0.15) is 0 Å². The molecule has 0 bridgehead atoms. The van der Waals surface area contributed by atoms with Crippen molar-refractivity contribution in [2.75, 3.05) is 20.8 Å². The van der Waals surface area contributed by atoms with E-state index in [0.717, 1.165) is 22.4 Å². The first-order chi connectivity index (χ1) is 7.13. The van der Waals surface area contributed by atoms with Crippen LogP contribution in [0.3, 0.4) is 0 Å². The Morgan fingerprint density at radius 3 is 2.47 bits per heavy atom. The fourth-order valence-corrected chi connectivity index (χ4v) is 1.75. The van der Waals surface area contributed by atoms with Gasteiger partial charge in [-0.1, -0.05) is 6.07 Å². The van der Waals surface area contributed by atoms with Gasteiger partial charge in [0.05, 0.1) is 19.8 Å².